The predicted octanol–water partition coefficient (Wildman–Crippen LogP) is 3.45. The molecule has 5 heteroatoms. The number of rotatable bonds is 2. The summed E-state index contributed by atoms with van der Waals surface area (Å²) >= 11 is 5.91. The molecule has 1 fully saturated rings. The molecule has 0 amide bonds. The molecule has 1 aliphatic rings. The molecular weight excluding hydrogens is 260 g/mol. The van der Waals surface area contributed by atoms with Crippen molar-refractivity contribution in [3.63, 3.8) is 0 Å². The number of benzene rings is 1. The smallest absolute Gasteiger partial charge is 0.248 e. The van der Waals surface area contributed by atoms with Gasteiger partial charge in [0.15, 0.2) is 0 Å². The first-order valence-electron chi connectivity index (χ1n) is 5.95. The van der Waals surface area contributed by atoms with Crippen LogP contribution in [0.4, 0.5) is 8.78 Å². The van der Waals surface area contributed by atoms with Crippen molar-refractivity contribution in [2.75, 3.05) is 6.54 Å². The second-order valence-electron chi connectivity index (χ2n) is 5.00. The standard InChI is InChI=1S/C13H16ClF2NO/c14-9-1-2-11(18)10(7-9)12(8-17)3-5-13(15,16)6-4-12/h1-2,7,18H,3-6,8,17H2. The number of nitrogens with two attached hydrogens (primary N) is 1. The molecule has 3 N–H and O–H groups in total. The maximum Gasteiger partial charge on any atom is 0.248 e. The number of hydrogen-bond donors (Lipinski definition) is 2. The van der Waals surface area contributed by atoms with E-state index in [0.29, 0.717) is 10.6 Å². The van der Waals surface area contributed by atoms with Gasteiger partial charge in [-0.2, -0.15) is 0 Å². The summed E-state index contributed by atoms with van der Waals surface area (Å²) < 4.78 is 26.5. The van der Waals surface area contributed by atoms with Crippen molar-refractivity contribution >= 4 is 11.6 Å². The Labute approximate surface area is 110 Å². The van der Waals surface area contributed by atoms with Gasteiger partial charge in [-0.15, -0.1) is 0 Å². The molecule has 1 aliphatic carbocycles. The van der Waals surface area contributed by atoms with Gasteiger partial charge >= 0.3 is 0 Å². The fourth-order valence-corrected chi connectivity index (χ4v) is 2.78. The zero-order chi connectivity index (χ0) is 13.4. The highest BCUT2D eigenvalue weighted by atomic mass is 35.5. The molecule has 0 unspecified atom stereocenters. The topological polar surface area (TPSA) is 46.2 Å². The second kappa shape index (κ2) is 4.67. The Morgan fingerprint density at radius 2 is 1.83 bits per heavy atom. The summed E-state index contributed by atoms with van der Waals surface area (Å²) in [7, 11) is 0. The average Bonchev–Trinajstić information content (AvgIpc) is 2.33. The van der Waals surface area contributed by atoms with E-state index in [4.69, 9.17) is 17.3 Å². The van der Waals surface area contributed by atoms with Gasteiger partial charge < -0.3 is 10.8 Å². The number of phenolic OH excluding ortho intramolecular Hbond substituents is 1. The molecule has 1 aromatic rings. The Hall–Kier alpha value is -0.870. The van der Waals surface area contributed by atoms with Crippen molar-refractivity contribution in [1.82, 2.24) is 0 Å². The van der Waals surface area contributed by atoms with E-state index in [1.165, 1.54) is 6.07 Å². The van der Waals surface area contributed by atoms with Gasteiger partial charge in [0.25, 0.3) is 0 Å². The number of alkyl halides is 2. The summed E-state index contributed by atoms with van der Waals surface area (Å²) in [6.07, 6.45) is 0.140. The first-order chi connectivity index (χ1) is 8.38. The minimum atomic E-state index is -2.62. The molecule has 0 aliphatic heterocycles. The molecule has 2 nitrogen and oxygen atoms in total. The highest BCUT2D eigenvalue weighted by molar-refractivity contribution is 6.30. The lowest BCUT2D eigenvalue weighted by atomic mass is 9.68. The van der Waals surface area contributed by atoms with Gasteiger partial charge in [-0.25, -0.2) is 8.78 Å². The van der Waals surface area contributed by atoms with Gasteiger partial charge in [-0.05, 0) is 31.0 Å². The molecule has 0 aromatic heterocycles. The zero-order valence-corrected chi connectivity index (χ0v) is 10.7. The second-order valence-corrected chi connectivity index (χ2v) is 5.44. The Morgan fingerprint density at radius 3 is 2.39 bits per heavy atom. The van der Waals surface area contributed by atoms with Crippen molar-refractivity contribution < 1.29 is 13.9 Å². The van der Waals surface area contributed by atoms with Crippen LogP contribution in [0.15, 0.2) is 18.2 Å². The molecule has 100 valence electrons. The van der Waals surface area contributed by atoms with E-state index < -0.39 is 11.3 Å². The lowest BCUT2D eigenvalue weighted by Gasteiger charge is -2.40. The first kappa shape index (κ1) is 13.6. The van der Waals surface area contributed by atoms with Crippen molar-refractivity contribution in [2.45, 2.75) is 37.0 Å². The van der Waals surface area contributed by atoms with Crippen molar-refractivity contribution in [3.8, 4) is 5.75 Å². The molecule has 1 saturated carbocycles. The van der Waals surface area contributed by atoms with Crippen molar-refractivity contribution in [1.29, 1.82) is 0 Å². The van der Waals surface area contributed by atoms with Gasteiger partial charge in [0.1, 0.15) is 5.75 Å². The Balaban J connectivity index is 2.36. The summed E-state index contributed by atoms with van der Waals surface area (Å²) in [6.45, 7) is 0.233. The number of hydrogen-bond acceptors (Lipinski definition) is 2. The minimum Gasteiger partial charge on any atom is -0.508 e. The highest BCUT2D eigenvalue weighted by Gasteiger charge is 2.44. The summed E-state index contributed by atoms with van der Waals surface area (Å²) in [4.78, 5) is 0. The average molecular weight is 276 g/mol. The molecule has 0 spiro atoms. The fourth-order valence-electron chi connectivity index (χ4n) is 2.61. The van der Waals surface area contributed by atoms with E-state index in [0.717, 1.165) is 0 Å². The van der Waals surface area contributed by atoms with Crippen LogP contribution in [0.3, 0.4) is 0 Å². The van der Waals surface area contributed by atoms with Gasteiger partial charge in [0, 0.05) is 35.4 Å². The van der Waals surface area contributed by atoms with E-state index in [1.807, 2.05) is 0 Å². The summed E-state index contributed by atoms with van der Waals surface area (Å²) in [6, 6.07) is 4.69. The highest BCUT2D eigenvalue weighted by Crippen LogP contribution is 2.47. The predicted molar refractivity (Wildman–Crippen MR) is 67.3 cm³/mol. The van der Waals surface area contributed by atoms with Crippen molar-refractivity contribution in [3.05, 3.63) is 28.8 Å². The quantitative estimate of drug-likeness (QED) is 0.868. The first-order valence-corrected chi connectivity index (χ1v) is 6.33. The Bertz CT molecular complexity index is 441. The molecule has 18 heavy (non-hydrogen) atoms. The van der Waals surface area contributed by atoms with E-state index in [9.17, 15) is 13.9 Å². The number of halogens is 3. The molecule has 0 bridgehead atoms. The molecular formula is C13H16ClF2NO. The Morgan fingerprint density at radius 1 is 1.22 bits per heavy atom. The SMILES string of the molecule is NCC1(c2cc(Cl)ccc2O)CCC(F)(F)CC1. The third kappa shape index (κ3) is 2.45. The lowest BCUT2D eigenvalue weighted by molar-refractivity contribution is -0.0511. The van der Waals surface area contributed by atoms with Crippen LogP contribution in [-0.4, -0.2) is 17.6 Å². The van der Waals surface area contributed by atoms with Gasteiger partial charge in [0.05, 0.1) is 0 Å². The summed E-state index contributed by atoms with van der Waals surface area (Å²) in [5, 5.41) is 10.4. The molecule has 2 rings (SSSR count). The van der Waals surface area contributed by atoms with E-state index in [-0.39, 0.29) is 38.0 Å². The number of aromatic hydroxyl groups is 1. The van der Waals surface area contributed by atoms with E-state index in [1.54, 1.807) is 12.1 Å². The maximum absolute atomic E-state index is 13.3. The van der Waals surface area contributed by atoms with E-state index in [2.05, 4.69) is 0 Å². The van der Waals surface area contributed by atoms with Crippen LogP contribution >= 0.6 is 11.6 Å². The van der Waals surface area contributed by atoms with Gasteiger partial charge in [0.2, 0.25) is 5.92 Å². The Kier molecular flexibility index (Phi) is 3.52. The van der Waals surface area contributed by atoms with Crippen LogP contribution in [-0.2, 0) is 5.41 Å². The monoisotopic (exact) mass is 275 g/mol. The van der Waals surface area contributed by atoms with E-state index >= 15 is 0 Å². The number of phenols is 1. The normalized spacial score (nSPS) is 21.8. The summed E-state index contributed by atoms with van der Waals surface area (Å²) in [5.41, 5.74) is 5.78. The molecule has 0 atom stereocenters. The molecule has 0 saturated heterocycles. The van der Waals surface area contributed by atoms with Crippen LogP contribution in [0.5, 0.6) is 5.75 Å². The van der Waals surface area contributed by atoms with Gasteiger partial charge in [-0.1, -0.05) is 11.6 Å². The molecule has 0 heterocycles. The van der Waals surface area contributed by atoms with Crippen LogP contribution in [0.1, 0.15) is 31.2 Å². The summed E-state index contributed by atoms with van der Waals surface area (Å²) in [5.74, 6) is -2.54. The zero-order valence-electron chi connectivity index (χ0n) is 9.93. The third-order valence-corrected chi connectivity index (χ3v) is 4.09. The lowest BCUT2D eigenvalue weighted by Crippen LogP contribution is -2.42. The third-order valence-electron chi connectivity index (χ3n) is 3.86. The van der Waals surface area contributed by atoms with Crippen LogP contribution in [0.2, 0.25) is 5.02 Å². The van der Waals surface area contributed by atoms with Crippen molar-refractivity contribution in [2.24, 2.45) is 5.73 Å². The van der Waals surface area contributed by atoms with Crippen LogP contribution < -0.4 is 5.73 Å². The largest absolute Gasteiger partial charge is 0.508 e. The fraction of sp³-hybridized carbons (Fsp3) is 0.538. The van der Waals surface area contributed by atoms with Crippen LogP contribution in [0, 0.1) is 0 Å². The minimum absolute atomic E-state index is 0.0788. The maximum atomic E-state index is 13.3. The van der Waals surface area contributed by atoms with Gasteiger partial charge in [-0.3, -0.25) is 0 Å². The molecule has 0 radical (unpaired) electrons. The van der Waals surface area contributed by atoms with Crippen LogP contribution in [0.25, 0.3) is 0 Å². The molecule has 1 aromatic carbocycles.